The number of hydrogen-bond donors (Lipinski definition) is 0. The Morgan fingerprint density at radius 3 is 1.06 bits per heavy atom. The molecule has 0 atom stereocenters. The summed E-state index contributed by atoms with van der Waals surface area (Å²) in [6.45, 7) is 2.29. The smallest absolute Gasteiger partial charge is 0.0654 e. The Hall–Kier alpha value is 0.350. The first-order chi connectivity index (χ1) is 8.41. The molecule has 0 aliphatic carbocycles. The van der Waals surface area contributed by atoms with Crippen LogP contribution < -0.4 is 0 Å². The van der Waals surface area contributed by atoms with Crippen molar-refractivity contribution in [3.63, 3.8) is 0 Å². The van der Waals surface area contributed by atoms with Gasteiger partial charge in [-0.15, -0.1) is 0 Å². The molecule has 0 aromatic rings. The van der Waals surface area contributed by atoms with Crippen LogP contribution in [0.4, 0.5) is 0 Å². The van der Waals surface area contributed by atoms with Gasteiger partial charge in [-0.25, -0.2) is 0 Å². The maximum Gasteiger partial charge on any atom is 0.103 e. The SMILES string of the molecule is CCCCCCCCCCCCCCCC[SH2+]. The highest BCUT2D eigenvalue weighted by Crippen LogP contribution is 2.12. The van der Waals surface area contributed by atoms with E-state index in [0.717, 1.165) is 0 Å². The van der Waals surface area contributed by atoms with Crippen molar-refractivity contribution in [1.29, 1.82) is 0 Å². The van der Waals surface area contributed by atoms with E-state index in [1.165, 1.54) is 95.6 Å². The summed E-state index contributed by atoms with van der Waals surface area (Å²) in [6, 6.07) is 0. The first-order valence-electron chi connectivity index (χ1n) is 8.06. The second kappa shape index (κ2) is 16.4. The molecule has 0 unspecified atom stereocenters. The van der Waals surface area contributed by atoms with Crippen molar-refractivity contribution in [2.24, 2.45) is 0 Å². The van der Waals surface area contributed by atoms with E-state index in [0.29, 0.717) is 0 Å². The van der Waals surface area contributed by atoms with Crippen molar-refractivity contribution >= 4 is 12.6 Å². The average Bonchev–Trinajstić information content (AvgIpc) is 2.35. The average molecular weight is 260 g/mol. The minimum absolute atomic E-state index is 1.18. The van der Waals surface area contributed by atoms with Gasteiger partial charge < -0.3 is 0 Å². The zero-order valence-corrected chi connectivity index (χ0v) is 13.1. The van der Waals surface area contributed by atoms with Crippen molar-refractivity contribution in [2.45, 2.75) is 96.8 Å². The molecular weight excluding hydrogens is 224 g/mol. The molecule has 17 heavy (non-hydrogen) atoms. The van der Waals surface area contributed by atoms with Gasteiger partial charge in [0.1, 0.15) is 5.75 Å². The van der Waals surface area contributed by atoms with Gasteiger partial charge in [-0.1, -0.05) is 84.0 Å². The standard InChI is InChI=1S/C16H34S/c1-2-3-4-5-6-7-8-9-10-11-12-13-14-15-16-17/h17H,2-16H2,1H3/p+1. The minimum atomic E-state index is 1.18. The molecule has 0 aliphatic heterocycles. The zero-order chi connectivity index (χ0) is 12.6. The highest BCUT2D eigenvalue weighted by Gasteiger charge is 1.93. The van der Waals surface area contributed by atoms with Crippen LogP contribution in [-0.4, -0.2) is 5.75 Å². The lowest BCUT2D eigenvalue weighted by atomic mass is 10.0. The Bertz CT molecular complexity index is 109. The van der Waals surface area contributed by atoms with E-state index in [1.54, 1.807) is 0 Å². The topological polar surface area (TPSA) is 0 Å². The molecule has 0 saturated heterocycles. The Balaban J connectivity index is 2.85. The Morgan fingerprint density at radius 2 is 0.765 bits per heavy atom. The summed E-state index contributed by atoms with van der Waals surface area (Å²) in [7, 11) is 0. The zero-order valence-electron chi connectivity index (χ0n) is 12.1. The van der Waals surface area contributed by atoms with Gasteiger partial charge in [-0.05, 0) is 25.5 Å². The second-order valence-corrected chi connectivity index (χ2v) is 5.85. The van der Waals surface area contributed by atoms with Crippen LogP contribution in [-0.2, 0) is 12.6 Å². The van der Waals surface area contributed by atoms with Gasteiger partial charge in [0.25, 0.3) is 0 Å². The molecule has 104 valence electrons. The third-order valence-electron chi connectivity index (χ3n) is 3.53. The fourth-order valence-electron chi connectivity index (χ4n) is 2.32. The Morgan fingerprint density at radius 1 is 0.471 bits per heavy atom. The molecule has 0 aliphatic rings. The molecule has 0 aromatic carbocycles. The second-order valence-electron chi connectivity index (χ2n) is 5.35. The summed E-state index contributed by atoms with van der Waals surface area (Å²) in [5.74, 6) is 1.18. The van der Waals surface area contributed by atoms with Crippen molar-refractivity contribution in [3.05, 3.63) is 0 Å². The largest absolute Gasteiger partial charge is 0.103 e. The first-order valence-corrected chi connectivity index (χ1v) is 8.77. The van der Waals surface area contributed by atoms with E-state index in [-0.39, 0.29) is 0 Å². The summed E-state index contributed by atoms with van der Waals surface area (Å²) in [4.78, 5) is 0. The molecule has 1 heteroatoms. The van der Waals surface area contributed by atoms with Crippen LogP contribution in [0.3, 0.4) is 0 Å². The van der Waals surface area contributed by atoms with Crippen molar-refractivity contribution in [2.75, 3.05) is 5.75 Å². The molecule has 0 fully saturated rings. The summed E-state index contributed by atoms with van der Waals surface area (Å²) < 4.78 is 0. The van der Waals surface area contributed by atoms with E-state index in [1.807, 2.05) is 0 Å². The lowest BCUT2D eigenvalue weighted by molar-refractivity contribution is 0.538. The molecular formula is C16H35S+. The number of rotatable bonds is 14. The quantitative estimate of drug-likeness (QED) is 0.286. The van der Waals surface area contributed by atoms with E-state index < -0.39 is 0 Å². The number of hydrogen-bond acceptors (Lipinski definition) is 0. The monoisotopic (exact) mass is 259 g/mol. The lowest BCUT2D eigenvalue weighted by Gasteiger charge is -2.02. The van der Waals surface area contributed by atoms with Crippen LogP contribution in [0.1, 0.15) is 96.8 Å². The van der Waals surface area contributed by atoms with Gasteiger partial charge in [0.2, 0.25) is 0 Å². The van der Waals surface area contributed by atoms with Gasteiger partial charge >= 0.3 is 0 Å². The molecule has 0 radical (unpaired) electrons. The normalized spacial score (nSPS) is 10.9. The fraction of sp³-hybridized carbons (Fsp3) is 1.00. The molecule has 0 nitrogen and oxygen atoms in total. The van der Waals surface area contributed by atoms with Crippen LogP contribution in [0.2, 0.25) is 0 Å². The van der Waals surface area contributed by atoms with Gasteiger partial charge in [0.15, 0.2) is 0 Å². The summed E-state index contributed by atoms with van der Waals surface area (Å²) in [5, 5.41) is 0. The van der Waals surface area contributed by atoms with Crippen LogP contribution in [0, 0.1) is 0 Å². The highest BCUT2D eigenvalue weighted by atomic mass is 32.1. The van der Waals surface area contributed by atoms with Crippen molar-refractivity contribution in [1.82, 2.24) is 0 Å². The third-order valence-corrected chi connectivity index (χ3v) is 3.88. The van der Waals surface area contributed by atoms with Crippen LogP contribution in [0.15, 0.2) is 0 Å². The highest BCUT2D eigenvalue weighted by molar-refractivity contribution is 7.58. The predicted octanol–water partition coefficient (Wildman–Crippen LogP) is 5.48. The van der Waals surface area contributed by atoms with Gasteiger partial charge in [0, 0.05) is 0 Å². The molecule has 0 heterocycles. The summed E-state index contributed by atoms with van der Waals surface area (Å²) in [6.07, 6.45) is 20.3. The molecule has 0 rings (SSSR count). The first kappa shape index (κ1) is 17.4. The van der Waals surface area contributed by atoms with Crippen LogP contribution in [0.25, 0.3) is 0 Å². The molecule has 0 aromatic heterocycles. The van der Waals surface area contributed by atoms with Crippen molar-refractivity contribution in [3.8, 4) is 0 Å². The summed E-state index contributed by atoms with van der Waals surface area (Å²) >= 11 is 3.53. The van der Waals surface area contributed by atoms with Gasteiger partial charge in [-0.2, -0.15) is 0 Å². The van der Waals surface area contributed by atoms with E-state index in [2.05, 4.69) is 19.6 Å². The van der Waals surface area contributed by atoms with Gasteiger partial charge in [-0.3, -0.25) is 0 Å². The molecule has 0 N–H and O–H groups in total. The maximum absolute atomic E-state index is 3.53. The maximum atomic E-state index is 3.53. The lowest BCUT2D eigenvalue weighted by Crippen LogP contribution is -1.84. The third kappa shape index (κ3) is 16.4. The minimum Gasteiger partial charge on any atom is -0.0654 e. The van der Waals surface area contributed by atoms with E-state index in [4.69, 9.17) is 0 Å². The van der Waals surface area contributed by atoms with Gasteiger partial charge in [0.05, 0.1) is 0 Å². The van der Waals surface area contributed by atoms with Crippen LogP contribution >= 0.6 is 0 Å². The Labute approximate surface area is 115 Å². The number of unbranched alkanes of at least 4 members (excludes halogenated alkanes) is 13. The molecule has 0 saturated carbocycles. The van der Waals surface area contributed by atoms with Crippen LogP contribution in [0.5, 0.6) is 0 Å². The van der Waals surface area contributed by atoms with Crippen molar-refractivity contribution < 1.29 is 0 Å². The Kier molecular flexibility index (Phi) is 16.7. The van der Waals surface area contributed by atoms with E-state index >= 15 is 0 Å². The fourth-order valence-corrected chi connectivity index (χ4v) is 2.57. The molecule has 0 bridgehead atoms. The van der Waals surface area contributed by atoms with E-state index in [9.17, 15) is 0 Å². The molecule has 0 amide bonds. The molecule has 0 spiro atoms. The summed E-state index contributed by atoms with van der Waals surface area (Å²) in [5.41, 5.74) is 0. The predicted molar refractivity (Wildman–Crippen MR) is 85.3 cm³/mol.